The Labute approximate surface area is 141 Å². The fourth-order valence-corrected chi connectivity index (χ4v) is 2.09. The third-order valence-corrected chi connectivity index (χ3v) is 3.27. The minimum absolute atomic E-state index is 0.0659. The number of hydrogen-bond donors (Lipinski definition) is 1. The summed E-state index contributed by atoms with van der Waals surface area (Å²) in [6, 6.07) is 8.02. The third kappa shape index (κ3) is 5.43. The number of nitrogens with zero attached hydrogens (tertiary/aromatic N) is 2. The lowest BCUT2D eigenvalue weighted by Crippen LogP contribution is -2.35. The predicted molar refractivity (Wildman–Crippen MR) is 87.7 cm³/mol. The van der Waals surface area contributed by atoms with Crippen LogP contribution in [0.3, 0.4) is 0 Å². The van der Waals surface area contributed by atoms with Crippen LogP contribution in [0.4, 0.5) is 0 Å². The van der Waals surface area contributed by atoms with Crippen LogP contribution in [0.15, 0.2) is 28.7 Å². The summed E-state index contributed by atoms with van der Waals surface area (Å²) in [4.78, 5) is 12.0. The zero-order valence-electron chi connectivity index (χ0n) is 14.2. The Hall–Kier alpha value is -2.25. The van der Waals surface area contributed by atoms with E-state index in [4.69, 9.17) is 13.9 Å². The first-order valence-corrected chi connectivity index (χ1v) is 8.01. The fourth-order valence-electron chi connectivity index (χ4n) is 2.09. The average molecular weight is 333 g/mol. The highest BCUT2D eigenvalue weighted by molar-refractivity contribution is 5.89. The van der Waals surface area contributed by atoms with Gasteiger partial charge in [0.15, 0.2) is 6.29 Å². The second kappa shape index (κ2) is 9.14. The van der Waals surface area contributed by atoms with Gasteiger partial charge in [0.2, 0.25) is 5.89 Å². The molecule has 1 heterocycles. The van der Waals surface area contributed by atoms with E-state index in [0.717, 1.165) is 5.56 Å². The summed E-state index contributed by atoms with van der Waals surface area (Å²) in [5.74, 6) is -0.110. The summed E-state index contributed by atoms with van der Waals surface area (Å²) < 4.78 is 16.1. The zero-order valence-corrected chi connectivity index (χ0v) is 14.2. The molecule has 2 aromatic rings. The minimum atomic E-state index is -0.487. The molecule has 0 bridgehead atoms. The topological polar surface area (TPSA) is 86.5 Å². The molecule has 1 aromatic heterocycles. The SMILES string of the molecule is CCOC(CNC(=O)c1nnc(Cc2ccc(C)cc2)o1)OCC. The molecule has 0 saturated carbocycles. The Morgan fingerprint density at radius 1 is 1.17 bits per heavy atom. The van der Waals surface area contributed by atoms with Crippen molar-refractivity contribution in [3.63, 3.8) is 0 Å². The largest absolute Gasteiger partial charge is 0.417 e. The minimum Gasteiger partial charge on any atom is -0.417 e. The van der Waals surface area contributed by atoms with E-state index in [-0.39, 0.29) is 12.4 Å². The zero-order chi connectivity index (χ0) is 17.4. The number of amides is 1. The van der Waals surface area contributed by atoms with Crippen LogP contribution in [0.5, 0.6) is 0 Å². The molecular weight excluding hydrogens is 310 g/mol. The van der Waals surface area contributed by atoms with Gasteiger partial charge in [-0.3, -0.25) is 4.79 Å². The number of carbonyl (C=O) groups is 1. The molecule has 0 aliphatic rings. The molecule has 0 spiro atoms. The van der Waals surface area contributed by atoms with E-state index < -0.39 is 12.2 Å². The van der Waals surface area contributed by atoms with Crippen LogP contribution >= 0.6 is 0 Å². The Morgan fingerprint density at radius 2 is 1.83 bits per heavy atom. The van der Waals surface area contributed by atoms with Gasteiger partial charge in [0, 0.05) is 13.2 Å². The van der Waals surface area contributed by atoms with E-state index in [0.29, 0.717) is 25.5 Å². The summed E-state index contributed by atoms with van der Waals surface area (Å²) >= 11 is 0. The van der Waals surface area contributed by atoms with E-state index >= 15 is 0 Å². The second-order valence-electron chi connectivity index (χ2n) is 5.21. The molecule has 0 unspecified atom stereocenters. The smallest absolute Gasteiger partial charge is 0.309 e. The molecule has 7 nitrogen and oxygen atoms in total. The van der Waals surface area contributed by atoms with E-state index in [9.17, 15) is 4.79 Å². The van der Waals surface area contributed by atoms with Crippen molar-refractivity contribution in [2.45, 2.75) is 33.5 Å². The fraction of sp³-hybridized carbons (Fsp3) is 0.471. The molecule has 1 aromatic carbocycles. The summed E-state index contributed by atoms with van der Waals surface area (Å²) in [5.41, 5.74) is 2.23. The van der Waals surface area contributed by atoms with Crippen LogP contribution in [0, 0.1) is 6.92 Å². The van der Waals surface area contributed by atoms with Crippen LogP contribution in [-0.4, -0.2) is 42.2 Å². The molecule has 1 amide bonds. The van der Waals surface area contributed by atoms with Gasteiger partial charge in [-0.2, -0.15) is 0 Å². The number of carbonyl (C=O) groups excluding carboxylic acids is 1. The van der Waals surface area contributed by atoms with Crippen LogP contribution < -0.4 is 5.32 Å². The van der Waals surface area contributed by atoms with E-state index in [1.54, 1.807) is 0 Å². The van der Waals surface area contributed by atoms with Crippen molar-refractivity contribution in [2.24, 2.45) is 0 Å². The molecule has 0 fully saturated rings. The Morgan fingerprint density at radius 3 is 2.46 bits per heavy atom. The first kappa shape index (κ1) is 18.1. The Kier molecular flexibility index (Phi) is 6.89. The van der Waals surface area contributed by atoms with Gasteiger partial charge in [-0.25, -0.2) is 0 Å². The molecule has 0 saturated heterocycles. The molecule has 0 aliphatic heterocycles. The quantitative estimate of drug-likeness (QED) is 0.707. The van der Waals surface area contributed by atoms with Crippen molar-refractivity contribution >= 4 is 5.91 Å². The second-order valence-corrected chi connectivity index (χ2v) is 5.21. The Balaban J connectivity index is 1.89. The van der Waals surface area contributed by atoms with Gasteiger partial charge in [-0.15, -0.1) is 10.2 Å². The highest BCUT2D eigenvalue weighted by Gasteiger charge is 2.17. The van der Waals surface area contributed by atoms with Gasteiger partial charge in [0.1, 0.15) is 0 Å². The van der Waals surface area contributed by atoms with Crippen LogP contribution in [0.1, 0.15) is 41.6 Å². The van der Waals surface area contributed by atoms with Gasteiger partial charge in [0.05, 0.1) is 13.0 Å². The monoisotopic (exact) mass is 333 g/mol. The first-order valence-electron chi connectivity index (χ1n) is 8.01. The van der Waals surface area contributed by atoms with Crippen molar-refractivity contribution in [3.8, 4) is 0 Å². The van der Waals surface area contributed by atoms with E-state index in [1.165, 1.54) is 5.56 Å². The lowest BCUT2D eigenvalue weighted by Gasteiger charge is -2.16. The molecule has 7 heteroatoms. The highest BCUT2D eigenvalue weighted by atomic mass is 16.7. The average Bonchev–Trinajstić information content (AvgIpc) is 3.03. The normalized spacial score (nSPS) is 11.0. The predicted octanol–water partition coefficient (Wildman–Crippen LogP) is 2.10. The third-order valence-electron chi connectivity index (χ3n) is 3.27. The molecule has 0 atom stereocenters. The molecule has 1 N–H and O–H groups in total. The number of rotatable bonds is 9. The number of aromatic nitrogens is 2. The molecule has 24 heavy (non-hydrogen) atoms. The maximum Gasteiger partial charge on any atom is 0.309 e. The molecule has 130 valence electrons. The number of aryl methyl sites for hydroxylation is 1. The van der Waals surface area contributed by atoms with Crippen LogP contribution in [-0.2, 0) is 15.9 Å². The van der Waals surface area contributed by atoms with Gasteiger partial charge in [-0.1, -0.05) is 29.8 Å². The number of ether oxygens (including phenoxy) is 2. The highest BCUT2D eigenvalue weighted by Crippen LogP contribution is 2.10. The molecular formula is C17H23N3O4. The van der Waals surface area contributed by atoms with E-state index in [2.05, 4.69) is 15.5 Å². The maximum atomic E-state index is 12.0. The van der Waals surface area contributed by atoms with Gasteiger partial charge >= 0.3 is 11.8 Å². The molecule has 0 aliphatic carbocycles. The maximum absolute atomic E-state index is 12.0. The van der Waals surface area contributed by atoms with Gasteiger partial charge < -0.3 is 19.2 Å². The van der Waals surface area contributed by atoms with E-state index in [1.807, 2.05) is 45.0 Å². The summed E-state index contributed by atoms with van der Waals surface area (Å²) in [6.45, 7) is 6.98. The van der Waals surface area contributed by atoms with Crippen molar-refractivity contribution in [3.05, 3.63) is 47.2 Å². The molecule has 0 radical (unpaired) electrons. The van der Waals surface area contributed by atoms with Crippen LogP contribution in [0.25, 0.3) is 0 Å². The summed E-state index contributed by atoms with van der Waals surface area (Å²) in [6.07, 6.45) is 0.0000498. The van der Waals surface area contributed by atoms with Crippen molar-refractivity contribution < 1.29 is 18.7 Å². The molecule has 2 rings (SSSR count). The van der Waals surface area contributed by atoms with Gasteiger partial charge in [-0.05, 0) is 26.3 Å². The van der Waals surface area contributed by atoms with Crippen molar-refractivity contribution in [2.75, 3.05) is 19.8 Å². The van der Waals surface area contributed by atoms with Gasteiger partial charge in [0.25, 0.3) is 0 Å². The number of hydrogen-bond acceptors (Lipinski definition) is 6. The lowest BCUT2D eigenvalue weighted by atomic mass is 10.1. The first-order chi connectivity index (χ1) is 11.6. The lowest BCUT2D eigenvalue weighted by molar-refractivity contribution is -0.131. The summed E-state index contributed by atoms with van der Waals surface area (Å²) in [5, 5.41) is 10.4. The number of benzene rings is 1. The van der Waals surface area contributed by atoms with Crippen LogP contribution in [0.2, 0.25) is 0 Å². The van der Waals surface area contributed by atoms with Crippen molar-refractivity contribution in [1.29, 1.82) is 0 Å². The summed E-state index contributed by atoms with van der Waals surface area (Å²) in [7, 11) is 0. The van der Waals surface area contributed by atoms with Crippen molar-refractivity contribution in [1.82, 2.24) is 15.5 Å². The number of nitrogens with one attached hydrogen (secondary N) is 1. The Bertz CT molecular complexity index is 634. The standard InChI is InChI=1S/C17H23N3O4/c1-4-22-15(23-5-2)11-18-16(21)17-20-19-14(24-17)10-13-8-6-12(3)7-9-13/h6-9,15H,4-5,10-11H2,1-3H3,(H,18,21).